The topological polar surface area (TPSA) is 75.4 Å². The van der Waals surface area contributed by atoms with Gasteiger partial charge in [0, 0.05) is 6.54 Å². The fourth-order valence-corrected chi connectivity index (χ4v) is 3.60. The summed E-state index contributed by atoms with van der Waals surface area (Å²) in [5.41, 5.74) is 2.91. The van der Waals surface area contributed by atoms with Crippen molar-refractivity contribution in [2.45, 2.75) is 25.8 Å². The lowest BCUT2D eigenvalue weighted by molar-refractivity contribution is 0.0673. The van der Waals surface area contributed by atoms with Crippen molar-refractivity contribution < 1.29 is 14.7 Å². The average Bonchev–Trinajstić information content (AvgIpc) is 3.10. The average molecular weight is 297 g/mol. The summed E-state index contributed by atoms with van der Waals surface area (Å²) in [6.07, 6.45) is 3.17. The number of aromatic carboxylic acids is 1. The molecule has 2 aliphatic heterocycles. The summed E-state index contributed by atoms with van der Waals surface area (Å²) in [6, 6.07) is 5.41. The summed E-state index contributed by atoms with van der Waals surface area (Å²) in [5, 5.41) is 9.43. The van der Waals surface area contributed by atoms with Crippen LogP contribution in [0, 0.1) is 6.92 Å². The van der Waals surface area contributed by atoms with E-state index in [4.69, 9.17) is 0 Å². The Labute approximate surface area is 127 Å². The summed E-state index contributed by atoms with van der Waals surface area (Å²) in [4.78, 5) is 30.3. The molecule has 1 atom stereocenters. The summed E-state index contributed by atoms with van der Waals surface area (Å²) in [7, 11) is 0. The number of amides is 1. The first-order valence-corrected chi connectivity index (χ1v) is 7.31. The molecule has 22 heavy (non-hydrogen) atoms. The fourth-order valence-electron chi connectivity index (χ4n) is 3.60. The summed E-state index contributed by atoms with van der Waals surface area (Å²) < 4.78 is 1.78. The Morgan fingerprint density at radius 2 is 2.23 bits per heavy atom. The van der Waals surface area contributed by atoms with E-state index in [0.717, 1.165) is 24.1 Å². The monoisotopic (exact) mass is 297 g/mol. The molecule has 6 nitrogen and oxygen atoms in total. The van der Waals surface area contributed by atoms with Crippen LogP contribution in [-0.2, 0) is 0 Å². The van der Waals surface area contributed by atoms with Gasteiger partial charge in [0.2, 0.25) is 0 Å². The molecule has 0 radical (unpaired) electrons. The van der Waals surface area contributed by atoms with Gasteiger partial charge >= 0.3 is 5.97 Å². The SMILES string of the molecule is Cc1cccc2c1C(=O)N1CCC[C@H]1c1c(C(=O)O)ncn1-2. The number of fused-ring (bicyclic) bond motifs is 5. The first-order chi connectivity index (χ1) is 10.6. The summed E-state index contributed by atoms with van der Waals surface area (Å²) >= 11 is 0. The van der Waals surface area contributed by atoms with E-state index < -0.39 is 5.97 Å². The minimum atomic E-state index is -1.05. The zero-order chi connectivity index (χ0) is 15.4. The molecule has 0 aliphatic carbocycles. The number of nitrogens with zero attached hydrogens (tertiary/aromatic N) is 3. The van der Waals surface area contributed by atoms with Gasteiger partial charge in [-0.3, -0.25) is 9.36 Å². The number of aryl methyl sites for hydroxylation is 1. The third kappa shape index (κ3) is 1.57. The molecule has 2 aromatic rings. The molecular weight excluding hydrogens is 282 g/mol. The predicted octanol–water partition coefficient (Wildman–Crippen LogP) is 2.17. The van der Waals surface area contributed by atoms with Crippen molar-refractivity contribution in [1.29, 1.82) is 0 Å². The van der Waals surface area contributed by atoms with Crippen LogP contribution in [0.5, 0.6) is 0 Å². The first kappa shape index (κ1) is 13.1. The second-order valence-corrected chi connectivity index (χ2v) is 5.78. The van der Waals surface area contributed by atoms with Gasteiger partial charge in [-0.2, -0.15) is 0 Å². The van der Waals surface area contributed by atoms with Crippen LogP contribution < -0.4 is 0 Å². The molecule has 2 aliphatic rings. The Morgan fingerprint density at radius 1 is 1.41 bits per heavy atom. The molecular formula is C16H15N3O3. The molecule has 1 N–H and O–H groups in total. The van der Waals surface area contributed by atoms with Crippen molar-refractivity contribution in [3.05, 3.63) is 47.0 Å². The van der Waals surface area contributed by atoms with Crippen molar-refractivity contribution in [3.63, 3.8) is 0 Å². The molecule has 1 amide bonds. The normalized spacial score (nSPS) is 19.4. The van der Waals surface area contributed by atoms with E-state index >= 15 is 0 Å². The molecule has 4 rings (SSSR count). The van der Waals surface area contributed by atoms with Crippen LogP contribution in [-0.4, -0.2) is 38.0 Å². The van der Waals surface area contributed by atoms with Crippen LogP contribution in [0.1, 0.15) is 51.0 Å². The van der Waals surface area contributed by atoms with Gasteiger partial charge in [-0.05, 0) is 31.4 Å². The Morgan fingerprint density at radius 3 is 3.00 bits per heavy atom. The Bertz CT molecular complexity index is 809. The van der Waals surface area contributed by atoms with Crippen molar-refractivity contribution in [2.24, 2.45) is 0 Å². The Kier molecular flexibility index (Phi) is 2.63. The van der Waals surface area contributed by atoms with E-state index in [1.165, 1.54) is 6.33 Å². The molecule has 0 bridgehead atoms. The molecule has 1 aromatic carbocycles. The van der Waals surface area contributed by atoms with Crippen LogP contribution in [0.15, 0.2) is 24.5 Å². The zero-order valence-corrected chi connectivity index (χ0v) is 12.1. The Balaban J connectivity index is 2.08. The highest BCUT2D eigenvalue weighted by molar-refractivity contribution is 6.01. The number of hydrogen-bond acceptors (Lipinski definition) is 3. The largest absolute Gasteiger partial charge is 0.476 e. The van der Waals surface area contributed by atoms with Gasteiger partial charge in [0.05, 0.1) is 23.0 Å². The molecule has 3 heterocycles. The van der Waals surface area contributed by atoms with Gasteiger partial charge in [0.25, 0.3) is 5.91 Å². The second kappa shape index (κ2) is 4.43. The molecule has 0 unspecified atom stereocenters. The molecule has 1 aromatic heterocycles. The smallest absolute Gasteiger partial charge is 0.356 e. The second-order valence-electron chi connectivity index (χ2n) is 5.78. The standard InChI is InChI=1S/C16H15N3O3/c1-9-4-2-5-10-12(9)15(20)18-7-3-6-11(18)14-13(16(21)22)17-8-19(10)14/h2,4-5,8,11H,3,6-7H2,1H3,(H,21,22)/t11-/m0/s1. The van der Waals surface area contributed by atoms with E-state index in [-0.39, 0.29) is 17.6 Å². The molecule has 1 saturated heterocycles. The molecule has 0 spiro atoms. The maximum absolute atomic E-state index is 12.9. The number of aromatic nitrogens is 2. The lowest BCUT2D eigenvalue weighted by atomic mass is 10.1. The third-order valence-electron chi connectivity index (χ3n) is 4.56. The van der Waals surface area contributed by atoms with Crippen LogP contribution in [0.2, 0.25) is 0 Å². The minimum absolute atomic E-state index is 0.0179. The number of hydrogen-bond donors (Lipinski definition) is 1. The number of carboxylic acid groups (broad SMARTS) is 1. The highest BCUT2D eigenvalue weighted by Crippen LogP contribution is 2.40. The van der Waals surface area contributed by atoms with Crippen molar-refractivity contribution in [3.8, 4) is 5.69 Å². The van der Waals surface area contributed by atoms with Gasteiger partial charge in [-0.1, -0.05) is 12.1 Å². The number of carbonyl (C=O) groups excluding carboxylic acids is 1. The summed E-state index contributed by atoms with van der Waals surface area (Å²) in [5.74, 6) is -1.07. The van der Waals surface area contributed by atoms with Crippen LogP contribution in [0.3, 0.4) is 0 Å². The quantitative estimate of drug-likeness (QED) is 0.875. The third-order valence-corrected chi connectivity index (χ3v) is 4.56. The van der Waals surface area contributed by atoms with E-state index in [9.17, 15) is 14.7 Å². The van der Waals surface area contributed by atoms with E-state index in [2.05, 4.69) is 4.98 Å². The predicted molar refractivity (Wildman–Crippen MR) is 78.3 cm³/mol. The number of rotatable bonds is 1. The fraction of sp³-hybridized carbons (Fsp3) is 0.312. The highest BCUT2D eigenvalue weighted by Gasteiger charge is 2.40. The van der Waals surface area contributed by atoms with Crippen molar-refractivity contribution >= 4 is 11.9 Å². The maximum Gasteiger partial charge on any atom is 0.356 e. The zero-order valence-electron chi connectivity index (χ0n) is 12.1. The lowest BCUT2D eigenvalue weighted by Crippen LogP contribution is -2.30. The van der Waals surface area contributed by atoms with Crippen molar-refractivity contribution in [1.82, 2.24) is 14.5 Å². The van der Waals surface area contributed by atoms with Crippen LogP contribution >= 0.6 is 0 Å². The lowest BCUT2D eigenvalue weighted by Gasteiger charge is -2.22. The van der Waals surface area contributed by atoms with Crippen LogP contribution in [0.4, 0.5) is 0 Å². The van der Waals surface area contributed by atoms with Crippen LogP contribution in [0.25, 0.3) is 5.69 Å². The van der Waals surface area contributed by atoms with E-state index in [1.54, 1.807) is 9.47 Å². The number of benzene rings is 1. The molecule has 0 saturated carbocycles. The van der Waals surface area contributed by atoms with Gasteiger partial charge in [0.1, 0.15) is 6.33 Å². The van der Waals surface area contributed by atoms with Gasteiger partial charge < -0.3 is 10.0 Å². The maximum atomic E-state index is 12.9. The van der Waals surface area contributed by atoms with Gasteiger partial charge in [0.15, 0.2) is 5.69 Å². The Hall–Kier alpha value is -2.63. The van der Waals surface area contributed by atoms with Gasteiger partial charge in [-0.25, -0.2) is 9.78 Å². The number of carboxylic acids is 1. The van der Waals surface area contributed by atoms with Crippen molar-refractivity contribution in [2.75, 3.05) is 6.54 Å². The number of imidazole rings is 1. The highest BCUT2D eigenvalue weighted by atomic mass is 16.4. The molecule has 6 heteroatoms. The summed E-state index contributed by atoms with van der Waals surface area (Å²) in [6.45, 7) is 2.56. The van der Waals surface area contributed by atoms with Gasteiger partial charge in [-0.15, -0.1) is 0 Å². The molecule has 1 fully saturated rings. The first-order valence-electron chi connectivity index (χ1n) is 7.31. The number of carbonyl (C=O) groups is 2. The van der Waals surface area contributed by atoms with E-state index in [0.29, 0.717) is 17.8 Å². The van der Waals surface area contributed by atoms with E-state index in [1.807, 2.05) is 25.1 Å². The molecule has 112 valence electrons. The minimum Gasteiger partial charge on any atom is -0.476 e.